The molecule has 24 heavy (non-hydrogen) atoms. The highest BCUT2D eigenvalue weighted by molar-refractivity contribution is 5.31. The largest absolute Gasteiger partial charge is 0.497 e. The average molecular weight is 325 g/mol. The van der Waals surface area contributed by atoms with E-state index in [9.17, 15) is 0 Å². The number of hydrogen-bond donors (Lipinski definition) is 0. The minimum absolute atomic E-state index is 0.217. The van der Waals surface area contributed by atoms with Gasteiger partial charge in [0.05, 0.1) is 13.2 Å². The molecule has 0 radical (unpaired) electrons. The summed E-state index contributed by atoms with van der Waals surface area (Å²) >= 11 is 0. The second-order valence-electron chi connectivity index (χ2n) is 6.71. The molecule has 1 aliphatic heterocycles. The van der Waals surface area contributed by atoms with Crippen LogP contribution in [0.5, 0.6) is 11.5 Å². The number of ether oxygens (including phenoxy) is 2. The van der Waals surface area contributed by atoms with E-state index in [4.69, 9.17) is 9.47 Å². The van der Waals surface area contributed by atoms with Gasteiger partial charge in [0.25, 0.3) is 0 Å². The van der Waals surface area contributed by atoms with Gasteiger partial charge >= 0.3 is 0 Å². The fraction of sp³-hybridized carbons (Fsp3) is 0.429. The molecule has 1 fully saturated rings. The van der Waals surface area contributed by atoms with Crippen LogP contribution < -0.4 is 9.47 Å². The lowest BCUT2D eigenvalue weighted by Gasteiger charge is -2.25. The number of likely N-dealkylation sites (tertiary alicyclic amines) is 1. The molecule has 3 nitrogen and oxygen atoms in total. The lowest BCUT2D eigenvalue weighted by Crippen LogP contribution is -2.22. The number of benzene rings is 2. The summed E-state index contributed by atoms with van der Waals surface area (Å²) in [5, 5.41) is 0. The number of rotatable bonds is 6. The second-order valence-corrected chi connectivity index (χ2v) is 6.71. The summed E-state index contributed by atoms with van der Waals surface area (Å²) in [4.78, 5) is 2.57. The predicted molar refractivity (Wildman–Crippen MR) is 97.6 cm³/mol. The standard InChI is InChI=1S/C21H27NO2/c1-16(2)24-20-10-6-17(7-11-20)15-22-14-4-5-21(22)18-8-12-19(23-3)13-9-18/h6-13,16,21H,4-5,14-15H2,1-3H3. The predicted octanol–water partition coefficient (Wildman–Crippen LogP) is 4.82. The highest BCUT2D eigenvalue weighted by Gasteiger charge is 2.25. The lowest BCUT2D eigenvalue weighted by molar-refractivity contribution is 0.240. The molecule has 0 aromatic heterocycles. The zero-order chi connectivity index (χ0) is 16.9. The molecule has 2 aromatic rings. The van der Waals surface area contributed by atoms with Crippen molar-refractivity contribution in [1.82, 2.24) is 4.90 Å². The van der Waals surface area contributed by atoms with Crippen molar-refractivity contribution < 1.29 is 9.47 Å². The summed E-state index contributed by atoms with van der Waals surface area (Å²) in [6.45, 7) is 6.24. The Balaban J connectivity index is 1.67. The Kier molecular flexibility index (Phi) is 5.41. The normalized spacial score (nSPS) is 18.1. The third kappa shape index (κ3) is 4.09. The van der Waals surface area contributed by atoms with Gasteiger partial charge in [0.1, 0.15) is 11.5 Å². The van der Waals surface area contributed by atoms with E-state index < -0.39 is 0 Å². The van der Waals surface area contributed by atoms with Gasteiger partial charge in [-0.1, -0.05) is 24.3 Å². The fourth-order valence-electron chi connectivity index (χ4n) is 3.40. The van der Waals surface area contributed by atoms with Crippen molar-refractivity contribution in [2.45, 2.75) is 45.4 Å². The smallest absolute Gasteiger partial charge is 0.119 e. The molecule has 3 rings (SSSR count). The molecule has 1 unspecified atom stereocenters. The second kappa shape index (κ2) is 7.71. The van der Waals surface area contributed by atoms with Crippen LogP contribution in [-0.4, -0.2) is 24.7 Å². The Morgan fingerprint density at radius 2 is 1.67 bits per heavy atom. The first kappa shape index (κ1) is 16.8. The van der Waals surface area contributed by atoms with Crippen molar-refractivity contribution in [3.05, 3.63) is 59.7 Å². The number of hydrogen-bond acceptors (Lipinski definition) is 3. The summed E-state index contributed by atoms with van der Waals surface area (Å²) in [5.74, 6) is 1.87. The molecule has 0 saturated carbocycles. The van der Waals surface area contributed by atoms with Gasteiger partial charge in [-0.05, 0) is 68.6 Å². The minimum Gasteiger partial charge on any atom is -0.497 e. The SMILES string of the molecule is COc1ccc(C2CCCN2Cc2ccc(OC(C)C)cc2)cc1. The molecule has 1 aliphatic rings. The van der Waals surface area contributed by atoms with Gasteiger partial charge in [0.2, 0.25) is 0 Å². The summed E-state index contributed by atoms with van der Waals surface area (Å²) in [7, 11) is 1.71. The summed E-state index contributed by atoms with van der Waals surface area (Å²) in [6, 6.07) is 17.5. The van der Waals surface area contributed by atoms with Gasteiger partial charge in [0, 0.05) is 12.6 Å². The van der Waals surface area contributed by atoms with Crippen molar-refractivity contribution in [2.75, 3.05) is 13.7 Å². The first-order valence-electron chi connectivity index (χ1n) is 8.79. The maximum atomic E-state index is 5.73. The molecule has 2 aromatic carbocycles. The molecule has 1 atom stereocenters. The van der Waals surface area contributed by atoms with Gasteiger partial charge in [-0.2, -0.15) is 0 Å². The van der Waals surface area contributed by atoms with E-state index in [-0.39, 0.29) is 6.10 Å². The molecule has 128 valence electrons. The Hall–Kier alpha value is -2.00. The van der Waals surface area contributed by atoms with Crippen molar-refractivity contribution in [2.24, 2.45) is 0 Å². The number of nitrogens with zero attached hydrogens (tertiary/aromatic N) is 1. The van der Waals surface area contributed by atoms with Crippen molar-refractivity contribution in [1.29, 1.82) is 0 Å². The van der Waals surface area contributed by atoms with Crippen LogP contribution in [0.15, 0.2) is 48.5 Å². The van der Waals surface area contributed by atoms with Gasteiger partial charge in [-0.3, -0.25) is 4.90 Å². The highest BCUT2D eigenvalue weighted by Crippen LogP contribution is 2.34. The van der Waals surface area contributed by atoms with Crippen LogP contribution >= 0.6 is 0 Å². The van der Waals surface area contributed by atoms with Crippen LogP contribution in [0.4, 0.5) is 0 Å². The Morgan fingerprint density at radius 1 is 1.00 bits per heavy atom. The van der Waals surface area contributed by atoms with Crippen LogP contribution in [0, 0.1) is 0 Å². The molecular formula is C21H27NO2. The first-order chi connectivity index (χ1) is 11.7. The van der Waals surface area contributed by atoms with E-state index in [2.05, 4.69) is 67.3 Å². The maximum Gasteiger partial charge on any atom is 0.119 e. The van der Waals surface area contributed by atoms with Crippen LogP contribution in [0.2, 0.25) is 0 Å². The van der Waals surface area contributed by atoms with E-state index in [0.29, 0.717) is 6.04 Å². The van der Waals surface area contributed by atoms with Crippen LogP contribution in [0.1, 0.15) is 43.9 Å². The third-order valence-corrected chi connectivity index (χ3v) is 4.55. The summed E-state index contributed by atoms with van der Waals surface area (Å²) in [5.41, 5.74) is 2.72. The topological polar surface area (TPSA) is 21.7 Å². The van der Waals surface area contributed by atoms with E-state index in [1.165, 1.54) is 24.0 Å². The van der Waals surface area contributed by atoms with E-state index in [0.717, 1.165) is 24.6 Å². The first-order valence-corrected chi connectivity index (χ1v) is 8.79. The van der Waals surface area contributed by atoms with Crippen molar-refractivity contribution in [3.8, 4) is 11.5 Å². The minimum atomic E-state index is 0.217. The molecule has 0 bridgehead atoms. The average Bonchev–Trinajstić information content (AvgIpc) is 3.04. The molecule has 0 aliphatic carbocycles. The molecule has 0 spiro atoms. The highest BCUT2D eigenvalue weighted by atomic mass is 16.5. The third-order valence-electron chi connectivity index (χ3n) is 4.55. The van der Waals surface area contributed by atoms with Crippen LogP contribution in [0.25, 0.3) is 0 Å². The van der Waals surface area contributed by atoms with Gasteiger partial charge in [-0.15, -0.1) is 0 Å². The lowest BCUT2D eigenvalue weighted by atomic mass is 10.0. The Bertz CT molecular complexity index is 634. The van der Waals surface area contributed by atoms with E-state index in [1.807, 2.05) is 0 Å². The van der Waals surface area contributed by atoms with Crippen molar-refractivity contribution >= 4 is 0 Å². The molecular weight excluding hydrogens is 298 g/mol. The quantitative estimate of drug-likeness (QED) is 0.760. The van der Waals surface area contributed by atoms with Gasteiger partial charge in [0.15, 0.2) is 0 Å². The van der Waals surface area contributed by atoms with Crippen LogP contribution in [-0.2, 0) is 6.54 Å². The summed E-state index contributed by atoms with van der Waals surface area (Å²) in [6.07, 6.45) is 2.69. The van der Waals surface area contributed by atoms with Gasteiger partial charge < -0.3 is 9.47 Å². The maximum absolute atomic E-state index is 5.73. The summed E-state index contributed by atoms with van der Waals surface area (Å²) < 4.78 is 11.0. The van der Waals surface area contributed by atoms with E-state index in [1.54, 1.807) is 7.11 Å². The Labute approximate surface area is 145 Å². The van der Waals surface area contributed by atoms with Gasteiger partial charge in [-0.25, -0.2) is 0 Å². The van der Waals surface area contributed by atoms with E-state index >= 15 is 0 Å². The Morgan fingerprint density at radius 3 is 2.29 bits per heavy atom. The molecule has 1 saturated heterocycles. The molecule has 3 heteroatoms. The molecule has 0 amide bonds. The van der Waals surface area contributed by atoms with Crippen molar-refractivity contribution in [3.63, 3.8) is 0 Å². The zero-order valence-corrected chi connectivity index (χ0v) is 14.9. The van der Waals surface area contributed by atoms with Crippen LogP contribution in [0.3, 0.4) is 0 Å². The number of methoxy groups -OCH3 is 1. The molecule has 0 N–H and O–H groups in total. The fourth-order valence-corrected chi connectivity index (χ4v) is 3.40. The monoisotopic (exact) mass is 325 g/mol. The molecule has 1 heterocycles. The zero-order valence-electron chi connectivity index (χ0n) is 14.9.